The summed E-state index contributed by atoms with van der Waals surface area (Å²) in [5, 5.41) is 33.7. The molecule has 16 unspecified atom stereocenters. The van der Waals surface area contributed by atoms with Gasteiger partial charge in [0.05, 0.1) is 43.2 Å². The largest absolute Gasteiger partial charge is 2.00 e. The molecule has 10 heteroatoms. The van der Waals surface area contributed by atoms with Crippen molar-refractivity contribution >= 4 is 0 Å². The number of fused-ring (bicyclic) bond motifs is 20. The molecule has 0 amide bonds. The maximum absolute atomic E-state index is 4.25. The molecule has 0 aromatic carbocycles. The summed E-state index contributed by atoms with van der Waals surface area (Å²) < 4.78 is 0. The van der Waals surface area contributed by atoms with Crippen molar-refractivity contribution < 1.29 is 19.5 Å². The van der Waals surface area contributed by atoms with Crippen molar-refractivity contribution in [1.29, 1.82) is 0 Å². The standard InChI is InChI=1S/C32H55N8.C4H4N.Zn/c1-2-10-18-17(9-1)25-33-26(18)38-28-21-13-5-6-14-22(21)30(35-28)40-32-24-16-8-7-15-23(24)31(36-32)39-29-20-12-4-3-11-19(20)27(34-29)37-25;1-2-4-5-3-1;/h9,17-40H,1-8,10-16H2;1-4H;/q2*-1;+2. The normalized spacial score (nSPS) is 51.0. The summed E-state index contributed by atoms with van der Waals surface area (Å²) in [7, 11) is 0. The SMILES string of the molecule is [CH-]1CCCC2C3NC(NC4NC(NC5NC(NC6NC(N3)C3CCCCC63)C3CCCCC53)C3CCCCC43)C12.[Zn+2].c1cc[n-]c1. The molecule has 6 heterocycles. The van der Waals surface area contributed by atoms with Crippen molar-refractivity contribution in [3.8, 4) is 0 Å². The molecule has 9 fully saturated rings. The molecular weight excluding hydrogens is 624 g/mol. The predicted molar refractivity (Wildman–Crippen MR) is 177 cm³/mol. The topological polar surface area (TPSA) is 110 Å². The van der Waals surface area contributed by atoms with E-state index >= 15 is 0 Å². The minimum atomic E-state index is 0. The molecule has 9 nitrogen and oxygen atoms in total. The van der Waals surface area contributed by atoms with Gasteiger partial charge < -0.3 is 11.4 Å². The molecule has 9 aliphatic rings. The fourth-order valence-corrected chi connectivity index (χ4v) is 12.0. The van der Waals surface area contributed by atoms with Crippen LogP contribution in [0.15, 0.2) is 24.5 Å². The average Bonchev–Trinajstić information content (AvgIpc) is 3.93. The van der Waals surface area contributed by atoms with Gasteiger partial charge in [0.15, 0.2) is 0 Å². The quantitative estimate of drug-likeness (QED) is 0.155. The molecule has 5 aliphatic heterocycles. The van der Waals surface area contributed by atoms with Gasteiger partial charge in [0, 0.05) is 6.17 Å². The van der Waals surface area contributed by atoms with Crippen molar-refractivity contribution in [2.45, 2.75) is 146 Å². The minimum absolute atomic E-state index is 0. The van der Waals surface area contributed by atoms with Crippen molar-refractivity contribution in [3.05, 3.63) is 30.9 Å². The summed E-state index contributed by atoms with van der Waals surface area (Å²) in [5.41, 5.74) is 0. The van der Waals surface area contributed by atoms with Crippen molar-refractivity contribution in [1.82, 2.24) is 47.5 Å². The molecule has 250 valence electrons. The molecule has 46 heavy (non-hydrogen) atoms. The van der Waals surface area contributed by atoms with Gasteiger partial charge in [0.1, 0.15) is 0 Å². The molecule has 10 rings (SSSR count). The Kier molecular flexibility index (Phi) is 10.3. The summed E-state index contributed by atoms with van der Waals surface area (Å²) >= 11 is 0. The van der Waals surface area contributed by atoms with Crippen LogP contribution in [0, 0.1) is 53.8 Å². The number of nitrogens with zero attached hydrogens (tertiary/aromatic N) is 1. The fraction of sp³-hybridized carbons (Fsp3) is 0.861. The van der Waals surface area contributed by atoms with Gasteiger partial charge in [0.25, 0.3) is 0 Å². The van der Waals surface area contributed by atoms with Crippen LogP contribution in [0.2, 0.25) is 0 Å². The molecule has 0 radical (unpaired) electrons. The first-order valence-corrected chi connectivity index (χ1v) is 19.2. The Morgan fingerprint density at radius 3 is 1.02 bits per heavy atom. The zero-order chi connectivity index (χ0) is 29.7. The third-order valence-electron chi connectivity index (χ3n) is 14.0. The number of hydrogen-bond acceptors (Lipinski definition) is 8. The van der Waals surface area contributed by atoms with Crippen LogP contribution in [0.3, 0.4) is 0 Å². The van der Waals surface area contributed by atoms with Crippen LogP contribution in [0.1, 0.15) is 96.3 Å². The first-order chi connectivity index (χ1) is 22.3. The summed E-state index contributed by atoms with van der Waals surface area (Å²) in [5.74, 6) is 5.74. The molecule has 1 aromatic heterocycles. The van der Waals surface area contributed by atoms with Crippen LogP contribution >= 0.6 is 0 Å². The predicted octanol–water partition coefficient (Wildman–Crippen LogP) is 3.06. The summed E-state index contributed by atoms with van der Waals surface area (Å²) in [6, 6.07) is 3.78. The zero-order valence-corrected chi connectivity index (χ0v) is 30.9. The second-order valence-electron chi connectivity index (χ2n) is 16.2. The van der Waals surface area contributed by atoms with E-state index in [2.05, 4.69) is 53.9 Å². The molecule has 0 spiro atoms. The molecule has 1 aromatic rings. The second kappa shape index (κ2) is 14.4. The van der Waals surface area contributed by atoms with E-state index in [1.807, 2.05) is 12.1 Å². The number of aromatic nitrogens is 1. The van der Waals surface area contributed by atoms with Crippen LogP contribution in [0.25, 0.3) is 0 Å². The van der Waals surface area contributed by atoms with Crippen LogP contribution in [0.4, 0.5) is 0 Å². The van der Waals surface area contributed by atoms with Gasteiger partial charge >= 0.3 is 19.5 Å². The van der Waals surface area contributed by atoms with E-state index in [1.165, 1.54) is 96.3 Å². The first kappa shape index (κ1) is 32.8. The van der Waals surface area contributed by atoms with Gasteiger partial charge in [-0.05, 0) is 80.0 Å². The molecule has 8 N–H and O–H groups in total. The molecular formula is C36H59N9Zn. The monoisotopic (exact) mass is 681 g/mol. The van der Waals surface area contributed by atoms with Gasteiger partial charge in [-0.2, -0.15) is 18.8 Å². The Hall–Kier alpha value is -0.417. The van der Waals surface area contributed by atoms with E-state index in [9.17, 15) is 0 Å². The fourth-order valence-electron chi connectivity index (χ4n) is 12.0. The van der Waals surface area contributed by atoms with E-state index in [-0.39, 0.29) is 19.5 Å². The zero-order valence-electron chi connectivity index (χ0n) is 27.9. The van der Waals surface area contributed by atoms with E-state index in [4.69, 9.17) is 0 Å². The molecule has 16 atom stereocenters. The van der Waals surface area contributed by atoms with Gasteiger partial charge in [-0.25, -0.2) is 0 Å². The average molecular weight is 683 g/mol. The van der Waals surface area contributed by atoms with Gasteiger partial charge in [0.2, 0.25) is 0 Å². The van der Waals surface area contributed by atoms with Crippen molar-refractivity contribution in [2.75, 3.05) is 0 Å². The molecule has 4 saturated carbocycles. The van der Waals surface area contributed by atoms with Crippen molar-refractivity contribution in [3.63, 3.8) is 0 Å². The van der Waals surface area contributed by atoms with Crippen LogP contribution in [-0.2, 0) is 19.5 Å². The Bertz CT molecular complexity index is 882. The number of hydrogen-bond donors (Lipinski definition) is 8. The summed E-state index contributed by atoms with van der Waals surface area (Å²) in [6.45, 7) is 0. The van der Waals surface area contributed by atoms with E-state index in [0.717, 1.165) is 35.5 Å². The Labute approximate surface area is 290 Å². The van der Waals surface area contributed by atoms with Gasteiger partial charge in [-0.15, -0.1) is 5.92 Å². The Morgan fingerprint density at radius 1 is 0.391 bits per heavy atom. The smallest absolute Gasteiger partial charge is 0.670 e. The third kappa shape index (κ3) is 6.24. The van der Waals surface area contributed by atoms with E-state index in [0.29, 0.717) is 61.2 Å². The maximum Gasteiger partial charge on any atom is 2.00 e. The van der Waals surface area contributed by atoms with Crippen LogP contribution < -0.4 is 47.5 Å². The van der Waals surface area contributed by atoms with E-state index < -0.39 is 0 Å². The molecule has 5 saturated heterocycles. The second-order valence-corrected chi connectivity index (χ2v) is 16.2. The molecule has 8 bridgehead atoms. The number of nitrogens with one attached hydrogen (secondary N) is 8. The number of rotatable bonds is 0. The van der Waals surface area contributed by atoms with Gasteiger partial charge in [-0.3, -0.25) is 42.5 Å². The van der Waals surface area contributed by atoms with Crippen LogP contribution in [0.5, 0.6) is 0 Å². The maximum atomic E-state index is 4.25. The summed E-state index contributed by atoms with van der Waals surface area (Å²) in [6.07, 6.45) is 29.9. The van der Waals surface area contributed by atoms with Gasteiger partial charge in [-0.1, -0.05) is 63.5 Å². The van der Waals surface area contributed by atoms with Crippen molar-refractivity contribution in [2.24, 2.45) is 47.3 Å². The summed E-state index contributed by atoms with van der Waals surface area (Å²) in [4.78, 5) is 3.72. The minimum Gasteiger partial charge on any atom is -0.670 e. The third-order valence-corrected chi connectivity index (χ3v) is 14.0. The molecule has 4 aliphatic carbocycles. The van der Waals surface area contributed by atoms with E-state index in [1.54, 1.807) is 12.4 Å². The Morgan fingerprint density at radius 2 is 0.696 bits per heavy atom. The Balaban J connectivity index is 0.000000478. The first-order valence-electron chi connectivity index (χ1n) is 19.2. The van der Waals surface area contributed by atoms with Crippen LogP contribution in [-0.4, -0.2) is 49.3 Å².